The summed E-state index contributed by atoms with van der Waals surface area (Å²) in [4.78, 5) is 26.5. The van der Waals surface area contributed by atoms with Gasteiger partial charge in [-0.1, -0.05) is 40.2 Å². The highest BCUT2D eigenvalue weighted by Crippen LogP contribution is 2.36. The number of amides is 1. The molecule has 0 aliphatic carbocycles. The van der Waals surface area contributed by atoms with Crippen LogP contribution in [-0.4, -0.2) is 19.0 Å². The predicted octanol–water partition coefficient (Wildman–Crippen LogP) is 4.47. The highest BCUT2D eigenvalue weighted by Gasteiger charge is 2.38. The molecule has 2 aromatic rings. The van der Waals surface area contributed by atoms with Crippen LogP contribution in [0.5, 0.6) is 0 Å². The molecular weight excluding hydrogens is 401 g/mol. The van der Waals surface area contributed by atoms with E-state index < -0.39 is 17.7 Å². The number of allylic oxidation sites excluding steroid dienone is 1. The fraction of sp³-hybridized carbons (Fsp3) is 0.100. The third-order valence-electron chi connectivity index (χ3n) is 4.04. The Bertz CT molecular complexity index is 965. The van der Waals surface area contributed by atoms with Crippen LogP contribution < -0.4 is 4.90 Å². The number of nitrogens with zero attached hydrogens (tertiary/aromatic N) is 1. The van der Waals surface area contributed by atoms with Gasteiger partial charge in [-0.05, 0) is 42.8 Å². The van der Waals surface area contributed by atoms with Crippen molar-refractivity contribution in [1.82, 2.24) is 0 Å². The number of para-hydroxylation sites is 1. The number of benzene rings is 2. The van der Waals surface area contributed by atoms with Crippen LogP contribution in [0.4, 0.5) is 10.1 Å². The molecule has 6 heteroatoms. The van der Waals surface area contributed by atoms with Gasteiger partial charge in [0.05, 0.1) is 23.9 Å². The average Bonchev–Trinajstić information content (AvgIpc) is 2.85. The molecule has 3 rings (SSSR count). The Kier molecular flexibility index (Phi) is 5.04. The maximum Gasteiger partial charge on any atom is 0.340 e. The molecule has 132 valence electrons. The Morgan fingerprint density at radius 2 is 1.92 bits per heavy atom. The first-order valence-corrected chi connectivity index (χ1v) is 8.59. The van der Waals surface area contributed by atoms with Gasteiger partial charge in [-0.25, -0.2) is 9.18 Å². The quantitative estimate of drug-likeness (QED) is 0.548. The molecule has 0 atom stereocenters. The van der Waals surface area contributed by atoms with E-state index in [4.69, 9.17) is 4.74 Å². The summed E-state index contributed by atoms with van der Waals surface area (Å²) in [6.45, 7) is 1.60. The van der Waals surface area contributed by atoms with Crippen LogP contribution in [0.3, 0.4) is 0 Å². The Morgan fingerprint density at radius 1 is 1.19 bits per heavy atom. The molecule has 4 nitrogen and oxygen atoms in total. The van der Waals surface area contributed by atoms with E-state index in [1.165, 1.54) is 30.2 Å². The van der Waals surface area contributed by atoms with Crippen molar-refractivity contribution in [2.75, 3.05) is 12.0 Å². The van der Waals surface area contributed by atoms with E-state index >= 15 is 0 Å². The molecule has 1 aliphatic heterocycles. The minimum atomic E-state index is -0.643. The molecule has 1 amide bonds. The lowest BCUT2D eigenvalue weighted by Gasteiger charge is -2.18. The minimum absolute atomic E-state index is 0.0917. The van der Waals surface area contributed by atoms with Crippen LogP contribution in [0.1, 0.15) is 12.5 Å². The molecule has 2 aromatic carbocycles. The zero-order chi connectivity index (χ0) is 18.8. The standard InChI is InChI=1S/C20H15BrFNO3/c1-12-18(20(25)26-2)15(11-13-6-5-7-14(21)10-13)19(24)23(12)17-9-4-3-8-16(17)22/h3-11H,1-2H3/b15-11-. The molecule has 0 radical (unpaired) electrons. The van der Waals surface area contributed by atoms with Crippen molar-refractivity contribution < 1.29 is 18.7 Å². The second-order valence-corrected chi connectivity index (χ2v) is 6.57. The van der Waals surface area contributed by atoms with Gasteiger partial charge >= 0.3 is 5.97 Å². The molecular formula is C20H15BrFNO3. The van der Waals surface area contributed by atoms with E-state index in [0.717, 1.165) is 10.0 Å². The summed E-state index contributed by atoms with van der Waals surface area (Å²) in [7, 11) is 1.25. The summed E-state index contributed by atoms with van der Waals surface area (Å²) < 4.78 is 19.9. The lowest BCUT2D eigenvalue weighted by atomic mass is 10.0. The zero-order valence-electron chi connectivity index (χ0n) is 14.1. The summed E-state index contributed by atoms with van der Waals surface area (Å²) in [5.74, 6) is -1.67. The zero-order valence-corrected chi connectivity index (χ0v) is 15.7. The van der Waals surface area contributed by atoms with Crippen LogP contribution in [0.15, 0.2) is 69.8 Å². The number of esters is 1. The lowest BCUT2D eigenvalue weighted by molar-refractivity contribution is -0.136. The molecule has 0 N–H and O–H groups in total. The van der Waals surface area contributed by atoms with Gasteiger partial charge < -0.3 is 4.74 Å². The Morgan fingerprint density at radius 3 is 2.58 bits per heavy atom. The van der Waals surface area contributed by atoms with Crippen molar-refractivity contribution in [3.8, 4) is 0 Å². The number of anilines is 1. The van der Waals surface area contributed by atoms with Gasteiger partial charge in [0.1, 0.15) is 5.82 Å². The van der Waals surface area contributed by atoms with Crippen LogP contribution >= 0.6 is 15.9 Å². The van der Waals surface area contributed by atoms with Gasteiger partial charge in [0.2, 0.25) is 0 Å². The maximum absolute atomic E-state index is 14.2. The maximum atomic E-state index is 14.2. The SMILES string of the molecule is COC(=O)C1=C(C)N(c2ccccc2F)C(=O)/C1=C\c1cccc(Br)c1. The first kappa shape index (κ1) is 18.1. The second-order valence-electron chi connectivity index (χ2n) is 5.66. The van der Waals surface area contributed by atoms with E-state index in [0.29, 0.717) is 5.70 Å². The first-order valence-electron chi connectivity index (χ1n) is 7.80. The van der Waals surface area contributed by atoms with Crippen molar-refractivity contribution in [3.63, 3.8) is 0 Å². The van der Waals surface area contributed by atoms with E-state index in [1.54, 1.807) is 25.1 Å². The number of ether oxygens (including phenoxy) is 1. The summed E-state index contributed by atoms with van der Waals surface area (Å²) in [6.07, 6.45) is 1.60. The van der Waals surface area contributed by atoms with Crippen molar-refractivity contribution in [1.29, 1.82) is 0 Å². The van der Waals surface area contributed by atoms with Gasteiger partial charge in [-0.15, -0.1) is 0 Å². The van der Waals surface area contributed by atoms with Crippen LogP contribution in [-0.2, 0) is 14.3 Å². The number of carbonyl (C=O) groups is 2. The van der Waals surface area contributed by atoms with Gasteiger partial charge in [-0.3, -0.25) is 9.69 Å². The summed E-state index contributed by atoms with van der Waals surface area (Å²) in [6, 6.07) is 13.2. The smallest absolute Gasteiger partial charge is 0.340 e. The Labute approximate surface area is 158 Å². The minimum Gasteiger partial charge on any atom is -0.465 e. The number of methoxy groups -OCH3 is 1. The molecule has 0 spiro atoms. The highest BCUT2D eigenvalue weighted by atomic mass is 79.9. The monoisotopic (exact) mass is 415 g/mol. The fourth-order valence-electron chi connectivity index (χ4n) is 2.87. The third kappa shape index (κ3) is 3.20. The molecule has 0 saturated heterocycles. The van der Waals surface area contributed by atoms with E-state index in [1.807, 2.05) is 18.2 Å². The molecule has 0 fully saturated rings. The number of rotatable bonds is 3. The second kappa shape index (κ2) is 7.25. The van der Waals surface area contributed by atoms with Gasteiger partial charge in [-0.2, -0.15) is 0 Å². The summed E-state index contributed by atoms with van der Waals surface area (Å²) in [5, 5.41) is 0. The molecule has 0 unspecified atom stereocenters. The third-order valence-corrected chi connectivity index (χ3v) is 4.54. The Balaban J connectivity index is 2.17. The molecule has 26 heavy (non-hydrogen) atoms. The normalized spacial score (nSPS) is 15.8. The van der Waals surface area contributed by atoms with E-state index in [2.05, 4.69) is 15.9 Å². The number of halogens is 2. The van der Waals surface area contributed by atoms with Gasteiger partial charge in [0.15, 0.2) is 0 Å². The van der Waals surface area contributed by atoms with Crippen molar-refractivity contribution in [3.05, 3.63) is 81.2 Å². The summed E-state index contributed by atoms with van der Waals surface area (Å²) in [5.41, 5.74) is 1.44. The van der Waals surface area contributed by atoms with Crippen molar-refractivity contribution >= 4 is 39.6 Å². The van der Waals surface area contributed by atoms with E-state index in [9.17, 15) is 14.0 Å². The van der Waals surface area contributed by atoms with Crippen LogP contribution in [0.2, 0.25) is 0 Å². The lowest BCUT2D eigenvalue weighted by Crippen LogP contribution is -2.25. The molecule has 0 aromatic heterocycles. The largest absolute Gasteiger partial charge is 0.465 e. The number of hydrogen-bond acceptors (Lipinski definition) is 3. The van der Waals surface area contributed by atoms with Crippen LogP contribution in [0.25, 0.3) is 6.08 Å². The molecule has 0 saturated carbocycles. The van der Waals surface area contributed by atoms with Crippen molar-refractivity contribution in [2.24, 2.45) is 0 Å². The van der Waals surface area contributed by atoms with Crippen LogP contribution in [0, 0.1) is 5.82 Å². The molecule has 0 bridgehead atoms. The number of hydrogen-bond donors (Lipinski definition) is 0. The van der Waals surface area contributed by atoms with Gasteiger partial charge in [0.25, 0.3) is 5.91 Å². The van der Waals surface area contributed by atoms with E-state index in [-0.39, 0.29) is 16.8 Å². The predicted molar refractivity (Wildman–Crippen MR) is 101 cm³/mol. The first-order chi connectivity index (χ1) is 12.4. The topological polar surface area (TPSA) is 46.6 Å². The fourth-order valence-corrected chi connectivity index (χ4v) is 3.28. The highest BCUT2D eigenvalue weighted by molar-refractivity contribution is 9.10. The number of carbonyl (C=O) groups excluding carboxylic acids is 2. The molecule has 1 aliphatic rings. The molecule has 1 heterocycles. The van der Waals surface area contributed by atoms with Gasteiger partial charge in [0, 0.05) is 10.2 Å². The summed E-state index contributed by atoms with van der Waals surface area (Å²) >= 11 is 3.38. The van der Waals surface area contributed by atoms with Crippen molar-refractivity contribution in [2.45, 2.75) is 6.92 Å². The Hall–Kier alpha value is -2.73. The average molecular weight is 416 g/mol.